The zero-order chi connectivity index (χ0) is 10.8. The van der Waals surface area contributed by atoms with Crippen LogP contribution in [0.3, 0.4) is 0 Å². The standard InChI is InChI=1S/C12H12O3/c1-8-6-7-14-10-4-3-5-11(12(8)10)15-9(2)13/h3-6H,7H2,1-2H3. The molecule has 1 aromatic carbocycles. The maximum absolute atomic E-state index is 10.9. The first-order chi connectivity index (χ1) is 7.18. The Kier molecular flexibility index (Phi) is 2.46. The van der Waals surface area contributed by atoms with Gasteiger partial charge in [-0.1, -0.05) is 6.07 Å². The summed E-state index contributed by atoms with van der Waals surface area (Å²) >= 11 is 0. The van der Waals surface area contributed by atoms with E-state index in [9.17, 15) is 4.79 Å². The number of carbonyl (C=O) groups is 1. The van der Waals surface area contributed by atoms with Crippen molar-refractivity contribution in [2.75, 3.05) is 6.61 Å². The number of benzene rings is 1. The normalized spacial score (nSPS) is 13.6. The molecule has 0 unspecified atom stereocenters. The second kappa shape index (κ2) is 3.77. The Balaban J connectivity index is 2.49. The van der Waals surface area contributed by atoms with Crippen molar-refractivity contribution in [3.63, 3.8) is 0 Å². The molecule has 0 saturated heterocycles. The molecule has 78 valence electrons. The first-order valence-electron chi connectivity index (χ1n) is 4.80. The lowest BCUT2D eigenvalue weighted by Crippen LogP contribution is -2.08. The molecule has 0 aliphatic carbocycles. The van der Waals surface area contributed by atoms with Gasteiger partial charge in [0.05, 0.1) is 5.56 Å². The van der Waals surface area contributed by atoms with E-state index in [0.717, 1.165) is 16.9 Å². The maximum Gasteiger partial charge on any atom is 0.308 e. The van der Waals surface area contributed by atoms with Crippen molar-refractivity contribution >= 4 is 11.5 Å². The van der Waals surface area contributed by atoms with Gasteiger partial charge in [0.2, 0.25) is 0 Å². The minimum atomic E-state index is -0.318. The van der Waals surface area contributed by atoms with Crippen LogP contribution in [0.1, 0.15) is 19.4 Å². The highest BCUT2D eigenvalue weighted by Gasteiger charge is 2.16. The van der Waals surface area contributed by atoms with Gasteiger partial charge in [-0.2, -0.15) is 0 Å². The zero-order valence-corrected chi connectivity index (χ0v) is 8.74. The first-order valence-corrected chi connectivity index (χ1v) is 4.80. The van der Waals surface area contributed by atoms with Gasteiger partial charge in [0.25, 0.3) is 0 Å². The molecule has 0 atom stereocenters. The lowest BCUT2D eigenvalue weighted by Gasteiger charge is -2.18. The van der Waals surface area contributed by atoms with Crippen LogP contribution in [0.4, 0.5) is 0 Å². The highest BCUT2D eigenvalue weighted by molar-refractivity contribution is 5.79. The molecule has 0 N–H and O–H groups in total. The molecule has 2 rings (SSSR count). The molecule has 1 heterocycles. The zero-order valence-electron chi connectivity index (χ0n) is 8.74. The third-order valence-electron chi connectivity index (χ3n) is 2.26. The van der Waals surface area contributed by atoms with Crippen LogP contribution < -0.4 is 9.47 Å². The molecule has 3 heteroatoms. The van der Waals surface area contributed by atoms with E-state index < -0.39 is 0 Å². The van der Waals surface area contributed by atoms with E-state index >= 15 is 0 Å². The van der Waals surface area contributed by atoms with Gasteiger partial charge in [0.1, 0.15) is 18.1 Å². The number of hydrogen-bond acceptors (Lipinski definition) is 3. The third kappa shape index (κ3) is 1.86. The Labute approximate surface area is 88.3 Å². The summed E-state index contributed by atoms with van der Waals surface area (Å²) in [6, 6.07) is 5.46. The Morgan fingerprint density at radius 3 is 3.00 bits per heavy atom. The summed E-state index contributed by atoms with van der Waals surface area (Å²) in [7, 11) is 0. The fourth-order valence-electron chi connectivity index (χ4n) is 1.62. The van der Waals surface area contributed by atoms with Gasteiger partial charge in [-0.15, -0.1) is 0 Å². The highest BCUT2D eigenvalue weighted by Crippen LogP contribution is 2.36. The summed E-state index contributed by atoms with van der Waals surface area (Å²) in [5.74, 6) is 1.02. The van der Waals surface area contributed by atoms with Crippen LogP contribution in [-0.4, -0.2) is 12.6 Å². The number of rotatable bonds is 1. The van der Waals surface area contributed by atoms with Crippen molar-refractivity contribution in [3.05, 3.63) is 29.8 Å². The van der Waals surface area contributed by atoms with Crippen molar-refractivity contribution in [1.82, 2.24) is 0 Å². The second-order valence-corrected chi connectivity index (χ2v) is 3.42. The highest BCUT2D eigenvalue weighted by atomic mass is 16.5. The summed E-state index contributed by atoms with van der Waals surface area (Å²) in [4.78, 5) is 10.9. The van der Waals surface area contributed by atoms with Crippen molar-refractivity contribution in [2.45, 2.75) is 13.8 Å². The molecule has 0 spiro atoms. The number of hydrogen-bond donors (Lipinski definition) is 0. The molecule has 0 amide bonds. The second-order valence-electron chi connectivity index (χ2n) is 3.42. The minimum Gasteiger partial charge on any atom is -0.489 e. The first kappa shape index (κ1) is 9.77. The molecule has 0 saturated carbocycles. The van der Waals surface area contributed by atoms with E-state index in [0.29, 0.717) is 12.4 Å². The molecule has 0 radical (unpaired) electrons. The molecule has 3 nitrogen and oxygen atoms in total. The molecular weight excluding hydrogens is 192 g/mol. The van der Waals surface area contributed by atoms with Gasteiger partial charge >= 0.3 is 5.97 Å². The smallest absolute Gasteiger partial charge is 0.308 e. The average molecular weight is 204 g/mol. The van der Waals surface area contributed by atoms with E-state index in [1.165, 1.54) is 6.92 Å². The van der Waals surface area contributed by atoms with Crippen LogP contribution in [0.2, 0.25) is 0 Å². The predicted octanol–water partition coefficient (Wildman–Crippen LogP) is 2.41. The third-order valence-corrected chi connectivity index (χ3v) is 2.26. The van der Waals surface area contributed by atoms with Crippen molar-refractivity contribution in [3.8, 4) is 11.5 Å². The van der Waals surface area contributed by atoms with Crippen LogP contribution in [0.15, 0.2) is 24.3 Å². The molecule has 15 heavy (non-hydrogen) atoms. The Morgan fingerprint density at radius 2 is 2.27 bits per heavy atom. The summed E-state index contributed by atoms with van der Waals surface area (Å²) < 4.78 is 10.6. The van der Waals surface area contributed by atoms with Gasteiger partial charge in [0, 0.05) is 6.92 Å². The molecular formula is C12H12O3. The van der Waals surface area contributed by atoms with Gasteiger partial charge in [-0.05, 0) is 30.7 Å². The van der Waals surface area contributed by atoms with Crippen molar-refractivity contribution < 1.29 is 14.3 Å². The van der Waals surface area contributed by atoms with E-state index in [1.807, 2.05) is 25.1 Å². The number of esters is 1. The number of allylic oxidation sites excluding steroid dienone is 1. The predicted molar refractivity (Wildman–Crippen MR) is 56.9 cm³/mol. The molecule has 0 aromatic heterocycles. The van der Waals surface area contributed by atoms with E-state index in [-0.39, 0.29) is 5.97 Å². The monoisotopic (exact) mass is 204 g/mol. The van der Waals surface area contributed by atoms with E-state index in [4.69, 9.17) is 9.47 Å². The summed E-state index contributed by atoms with van der Waals surface area (Å²) in [5.41, 5.74) is 1.95. The lowest BCUT2D eigenvalue weighted by atomic mass is 10.0. The quantitative estimate of drug-likeness (QED) is 0.520. The summed E-state index contributed by atoms with van der Waals surface area (Å²) in [5, 5.41) is 0. The molecule has 1 aliphatic heterocycles. The molecule has 1 aliphatic rings. The molecule has 1 aromatic rings. The van der Waals surface area contributed by atoms with Gasteiger partial charge < -0.3 is 9.47 Å². The number of carbonyl (C=O) groups excluding carboxylic acids is 1. The largest absolute Gasteiger partial charge is 0.489 e. The Bertz CT molecular complexity index is 432. The van der Waals surface area contributed by atoms with E-state index in [2.05, 4.69) is 0 Å². The Hall–Kier alpha value is -1.77. The van der Waals surface area contributed by atoms with Gasteiger partial charge in [-0.3, -0.25) is 4.79 Å². The summed E-state index contributed by atoms with van der Waals surface area (Å²) in [6.45, 7) is 3.94. The SMILES string of the molecule is CC(=O)Oc1cccc2c1C(C)=CCO2. The topological polar surface area (TPSA) is 35.5 Å². The number of ether oxygens (including phenoxy) is 2. The number of fused-ring (bicyclic) bond motifs is 1. The van der Waals surface area contributed by atoms with Crippen molar-refractivity contribution in [1.29, 1.82) is 0 Å². The Morgan fingerprint density at radius 1 is 1.47 bits per heavy atom. The van der Waals surface area contributed by atoms with Crippen LogP contribution in [0, 0.1) is 0 Å². The average Bonchev–Trinajstić information content (AvgIpc) is 2.17. The molecule has 0 fully saturated rings. The summed E-state index contributed by atoms with van der Waals surface area (Å²) in [6.07, 6.45) is 1.97. The van der Waals surface area contributed by atoms with E-state index in [1.54, 1.807) is 6.07 Å². The molecule has 0 bridgehead atoms. The van der Waals surface area contributed by atoms with Gasteiger partial charge in [-0.25, -0.2) is 0 Å². The van der Waals surface area contributed by atoms with Crippen LogP contribution in [-0.2, 0) is 4.79 Å². The van der Waals surface area contributed by atoms with Crippen LogP contribution in [0.25, 0.3) is 5.57 Å². The minimum absolute atomic E-state index is 0.318. The lowest BCUT2D eigenvalue weighted by molar-refractivity contribution is -0.131. The van der Waals surface area contributed by atoms with Gasteiger partial charge in [0.15, 0.2) is 0 Å². The maximum atomic E-state index is 10.9. The fourth-order valence-corrected chi connectivity index (χ4v) is 1.62. The van der Waals surface area contributed by atoms with Crippen molar-refractivity contribution in [2.24, 2.45) is 0 Å². The fraction of sp³-hybridized carbons (Fsp3) is 0.250. The van der Waals surface area contributed by atoms with Crippen LogP contribution >= 0.6 is 0 Å². The van der Waals surface area contributed by atoms with Crippen LogP contribution in [0.5, 0.6) is 11.5 Å².